The third-order valence-electron chi connectivity index (χ3n) is 6.42. The second-order valence-electron chi connectivity index (χ2n) is 8.36. The van der Waals surface area contributed by atoms with E-state index in [4.69, 9.17) is 11.2 Å². The number of halogens is 1. The Morgan fingerprint density at radius 1 is 1.00 bits per heavy atom. The molecule has 8 heteroatoms. The fourth-order valence-corrected chi connectivity index (χ4v) is 5.21. The van der Waals surface area contributed by atoms with Crippen molar-refractivity contribution in [1.29, 1.82) is 0 Å². The van der Waals surface area contributed by atoms with Crippen molar-refractivity contribution in [2.24, 2.45) is 0 Å². The molecule has 0 heterocycles. The number of amides is 1. The predicted molar refractivity (Wildman–Crippen MR) is 131 cm³/mol. The van der Waals surface area contributed by atoms with Crippen molar-refractivity contribution in [3.05, 3.63) is 87.5 Å². The van der Waals surface area contributed by atoms with Crippen molar-refractivity contribution < 1.29 is 26.0 Å². The summed E-state index contributed by atoms with van der Waals surface area (Å²) in [6.07, 6.45) is 4.95. The zero-order chi connectivity index (χ0) is 25.3. The van der Waals surface area contributed by atoms with Gasteiger partial charge in [0, 0.05) is 23.6 Å². The van der Waals surface area contributed by atoms with Crippen LogP contribution in [0.25, 0.3) is 11.1 Å². The van der Waals surface area contributed by atoms with Crippen LogP contribution in [-0.4, -0.2) is 21.1 Å². The molecule has 0 saturated carbocycles. The first-order valence-electron chi connectivity index (χ1n) is 10.9. The van der Waals surface area contributed by atoms with E-state index in [0.717, 1.165) is 22.3 Å². The van der Waals surface area contributed by atoms with E-state index in [1.54, 1.807) is 20.8 Å². The van der Waals surface area contributed by atoms with E-state index in [1.807, 2.05) is 36.4 Å². The SMILES string of the molecule is C#Cc1c(C)c(CNC(=O)OCC2c3ccccc3-c3ccccc32)c(C)c(OS(=O)(=O)F)c1C. The molecule has 3 aromatic rings. The highest BCUT2D eigenvalue weighted by atomic mass is 32.3. The van der Waals surface area contributed by atoms with Gasteiger partial charge >= 0.3 is 16.6 Å². The van der Waals surface area contributed by atoms with E-state index in [9.17, 15) is 17.1 Å². The number of ether oxygens (including phenoxy) is 1. The summed E-state index contributed by atoms with van der Waals surface area (Å²) in [5.41, 5.74) is 6.69. The summed E-state index contributed by atoms with van der Waals surface area (Å²) in [5, 5.41) is 2.68. The van der Waals surface area contributed by atoms with Crippen molar-refractivity contribution in [2.45, 2.75) is 33.2 Å². The van der Waals surface area contributed by atoms with E-state index >= 15 is 0 Å². The number of hydrogen-bond donors (Lipinski definition) is 1. The van der Waals surface area contributed by atoms with Gasteiger partial charge in [-0.1, -0.05) is 58.3 Å². The average molecular weight is 494 g/mol. The van der Waals surface area contributed by atoms with Crippen molar-refractivity contribution >= 4 is 16.6 Å². The van der Waals surface area contributed by atoms with Crippen LogP contribution in [0.3, 0.4) is 0 Å². The quantitative estimate of drug-likeness (QED) is 0.376. The van der Waals surface area contributed by atoms with Gasteiger partial charge in [-0.15, -0.1) is 6.42 Å². The third kappa shape index (κ3) is 4.73. The molecule has 0 aromatic heterocycles. The number of hydrogen-bond acceptors (Lipinski definition) is 5. The molecule has 3 aromatic carbocycles. The number of benzene rings is 3. The van der Waals surface area contributed by atoms with Crippen LogP contribution in [0, 0.1) is 33.1 Å². The van der Waals surface area contributed by atoms with Crippen LogP contribution < -0.4 is 9.50 Å². The zero-order valence-electron chi connectivity index (χ0n) is 19.5. The van der Waals surface area contributed by atoms with Gasteiger partial charge in [0.2, 0.25) is 0 Å². The van der Waals surface area contributed by atoms with Crippen LogP contribution in [0.4, 0.5) is 8.68 Å². The smallest absolute Gasteiger partial charge is 0.449 e. The lowest BCUT2D eigenvalue weighted by atomic mass is 9.92. The molecule has 6 nitrogen and oxygen atoms in total. The molecule has 1 aliphatic carbocycles. The molecule has 1 aliphatic rings. The number of carbonyl (C=O) groups excluding carboxylic acids is 1. The van der Waals surface area contributed by atoms with Gasteiger partial charge in [0.1, 0.15) is 6.61 Å². The fourth-order valence-electron chi connectivity index (χ4n) is 4.76. The molecule has 0 aliphatic heterocycles. The summed E-state index contributed by atoms with van der Waals surface area (Å²) in [6, 6.07) is 16.0. The highest BCUT2D eigenvalue weighted by molar-refractivity contribution is 7.81. The van der Waals surface area contributed by atoms with Crippen molar-refractivity contribution in [1.82, 2.24) is 5.32 Å². The predicted octanol–water partition coefficient (Wildman–Crippen LogP) is 5.22. The molecule has 0 fully saturated rings. The standard InChI is InChI=1S/C27H24FNO5S/c1-5-19-16(2)24(18(4)26(17(19)3)34-35(28,31)32)14-29-27(30)33-15-25-22-12-8-6-10-20(22)21-11-7-9-13-23(21)25/h1,6-13,25H,14-15H2,2-4H3,(H,29,30). The summed E-state index contributed by atoms with van der Waals surface area (Å²) in [7, 11) is -5.26. The van der Waals surface area contributed by atoms with Gasteiger partial charge in [0.15, 0.2) is 5.75 Å². The molecule has 0 radical (unpaired) electrons. The first kappa shape index (κ1) is 24.3. The number of nitrogens with one attached hydrogen (secondary N) is 1. The van der Waals surface area contributed by atoms with E-state index in [-0.39, 0.29) is 24.8 Å². The second kappa shape index (κ2) is 9.43. The summed E-state index contributed by atoms with van der Waals surface area (Å²) >= 11 is 0. The number of fused-ring (bicyclic) bond motifs is 3. The van der Waals surface area contributed by atoms with Gasteiger partial charge < -0.3 is 14.2 Å². The average Bonchev–Trinajstić information content (AvgIpc) is 3.14. The van der Waals surface area contributed by atoms with Gasteiger partial charge in [-0.05, 0) is 59.7 Å². The molecule has 0 bridgehead atoms. The molecule has 180 valence electrons. The third-order valence-corrected chi connectivity index (χ3v) is 6.78. The summed E-state index contributed by atoms with van der Waals surface area (Å²) in [4.78, 5) is 12.6. The van der Waals surface area contributed by atoms with Crippen LogP contribution in [0.1, 0.15) is 44.9 Å². The lowest BCUT2D eigenvalue weighted by Crippen LogP contribution is -2.26. The monoisotopic (exact) mass is 493 g/mol. The lowest BCUT2D eigenvalue weighted by molar-refractivity contribution is 0.142. The lowest BCUT2D eigenvalue weighted by Gasteiger charge is -2.19. The van der Waals surface area contributed by atoms with Crippen LogP contribution in [0.2, 0.25) is 0 Å². The first-order chi connectivity index (χ1) is 16.6. The Bertz CT molecular complexity index is 1430. The van der Waals surface area contributed by atoms with Crippen molar-refractivity contribution in [2.75, 3.05) is 6.61 Å². The van der Waals surface area contributed by atoms with E-state index in [2.05, 4.69) is 27.6 Å². The summed E-state index contributed by atoms with van der Waals surface area (Å²) in [5.74, 6) is 2.22. The molecule has 4 rings (SSSR count). The minimum absolute atomic E-state index is 0.00794. The van der Waals surface area contributed by atoms with Crippen LogP contribution in [0.5, 0.6) is 5.75 Å². The minimum atomic E-state index is -5.26. The highest BCUT2D eigenvalue weighted by Gasteiger charge is 2.29. The molecular formula is C27H24FNO5S. The van der Waals surface area contributed by atoms with Gasteiger partial charge in [0.05, 0.1) is 0 Å². The number of alkyl carbamates (subject to hydrolysis) is 1. The Kier molecular flexibility index (Phi) is 6.55. The minimum Gasteiger partial charge on any atom is -0.449 e. The number of rotatable bonds is 6. The maximum atomic E-state index is 13.3. The number of terminal acetylenes is 1. The maximum Gasteiger partial charge on any atom is 0.488 e. The topological polar surface area (TPSA) is 81.7 Å². The molecule has 0 atom stereocenters. The Hall–Kier alpha value is -3.83. The van der Waals surface area contributed by atoms with E-state index in [0.29, 0.717) is 27.8 Å². The summed E-state index contributed by atoms with van der Waals surface area (Å²) in [6.45, 7) is 5.02. The Morgan fingerprint density at radius 3 is 2.11 bits per heavy atom. The van der Waals surface area contributed by atoms with Crippen LogP contribution >= 0.6 is 0 Å². The van der Waals surface area contributed by atoms with Crippen molar-refractivity contribution in [3.63, 3.8) is 0 Å². The molecule has 1 N–H and O–H groups in total. The first-order valence-corrected chi connectivity index (χ1v) is 12.3. The molecule has 1 amide bonds. The van der Waals surface area contributed by atoms with Gasteiger partial charge in [0.25, 0.3) is 0 Å². The summed E-state index contributed by atoms with van der Waals surface area (Å²) < 4.78 is 45.6. The Labute approximate surface area is 204 Å². The maximum absolute atomic E-state index is 13.3. The van der Waals surface area contributed by atoms with E-state index < -0.39 is 16.6 Å². The van der Waals surface area contributed by atoms with Gasteiger partial charge in [-0.25, -0.2) is 4.79 Å². The molecule has 0 saturated heterocycles. The number of carbonyl (C=O) groups is 1. The molecular weight excluding hydrogens is 469 g/mol. The molecule has 35 heavy (non-hydrogen) atoms. The van der Waals surface area contributed by atoms with Gasteiger partial charge in [-0.2, -0.15) is 8.42 Å². The van der Waals surface area contributed by atoms with Crippen LogP contribution in [-0.2, 0) is 21.8 Å². The second-order valence-corrected chi connectivity index (χ2v) is 9.31. The normalized spacial score (nSPS) is 12.4. The molecule has 0 unspecified atom stereocenters. The molecule has 0 spiro atoms. The Balaban J connectivity index is 1.51. The highest BCUT2D eigenvalue weighted by Crippen LogP contribution is 2.44. The van der Waals surface area contributed by atoms with Gasteiger partial charge in [-0.3, -0.25) is 0 Å². The largest absolute Gasteiger partial charge is 0.488 e. The van der Waals surface area contributed by atoms with E-state index in [1.165, 1.54) is 0 Å². The fraction of sp³-hybridized carbons (Fsp3) is 0.222. The zero-order valence-corrected chi connectivity index (χ0v) is 20.3. The Morgan fingerprint density at radius 2 is 1.57 bits per heavy atom. The van der Waals surface area contributed by atoms with Crippen LogP contribution in [0.15, 0.2) is 48.5 Å². The van der Waals surface area contributed by atoms with Crippen molar-refractivity contribution in [3.8, 4) is 29.2 Å².